The van der Waals surface area contributed by atoms with Gasteiger partial charge in [-0.1, -0.05) is 25.8 Å². The van der Waals surface area contributed by atoms with Crippen molar-refractivity contribution in [1.82, 2.24) is 5.32 Å². The Morgan fingerprint density at radius 1 is 1.36 bits per heavy atom. The minimum atomic E-state index is -2.95. The van der Waals surface area contributed by atoms with Crippen LogP contribution >= 0.6 is 0 Å². The first-order valence-electron chi connectivity index (χ1n) is 7.05. The predicted octanol–water partition coefficient (Wildman–Crippen LogP) is 3.03. The van der Waals surface area contributed by atoms with Gasteiger partial charge in [-0.05, 0) is 24.1 Å². The number of alkyl halides is 2. The van der Waals surface area contributed by atoms with E-state index in [1.54, 1.807) is 6.07 Å². The zero-order valence-electron chi connectivity index (χ0n) is 12.6. The van der Waals surface area contributed by atoms with Gasteiger partial charge in [-0.15, -0.1) is 0 Å². The molecule has 0 aliphatic carbocycles. The molecule has 0 saturated carbocycles. The Hall–Kier alpha value is -1.89. The standard InChI is InChI=1S/C15H21F2NO4/c1-3-4-5-11(14(19)20)18-9-10-6-7-12(21-2)13(8-10)22-15(16)17/h6-8,11,15,18H,3-5,9H2,1-2H3,(H,19,20). The topological polar surface area (TPSA) is 67.8 Å². The molecule has 2 N–H and O–H groups in total. The summed E-state index contributed by atoms with van der Waals surface area (Å²) < 4.78 is 34.1. The fourth-order valence-corrected chi connectivity index (χ4v) is 1.98. The van der Waals surface area contributed by atoms with Gasteiger partial charge in [-0.2, -0.15) is 8.78 Å². The second-order valence-corrected chi connectivity index (χ2v) is 4.78. The van der Waals surface area contributed by atoms with Crippen molar-refractivity contribution in [1.29, 1.82) is 0 Å². The maximum absolute atomic E-state index is 12.4. The van der Waals surface area contributed by atoms with E-state index in [4.69, 9.17) is 9.84 Å². The van der Waals surface area contributed by atoms with E-state index in [0.717, 1.165) is 12.8 Å². The van der Waals surface area contributed by atoms with E-state index in [1.807, 2.05) is 6.92 Å². The number of ether oxygens (including phenoxy) is 2. The van der Waals surface area contributed by atoms with Crippen molar-refractivity contribution in [2.75, 3.05) is 7.11 Å². The molecule has 0 amide bonds. The molecule has 0 aliphatic heterocycles. The Bertz CT molecular complexity index is 483. The van der Waals surface area contributed by atoms with Crippen LogP contribution in [0.15, 0.2) is 18.2 Å². The molecule has 0 saturated heterocycles. The highest BCUT2D eigenvalue weighted by molar-refractivity contribution is 5.73. The lowest BCUT2D eigenvalue weighted by Crippen LogP contribution is -2.36. The summed E-state index contributed by atoms with van der Waals surface area (Å²) in [5, 5.41) is 12.0. The quantitative estimate of drug-likeness (QED) is 0.694. The number of hydrogen-bond acceptors (Lipinski definition) is 4. The molecule has 0 fully saturated rings. The number of benzene rings is 1. The van der Waals surface area contributed by atoms with Gasteiger partial charge in [-0.3, -0.25) is 4.79 Å². The third kappa shape index (κ3) is 5.85. The highest BCUT2D eigenvalue weighted by Gasteiger charge is 2.17. The molecule has 1 rings (SSSR count). The Balaban J connectivity index is 2.73. The van der Waals surface area contributed by atoms with Crippen molar-refractivity contribution in [3.05, 3.63) is 23.8 Å². The van der Waals surface area contributed by atoms with Crippen molar-refractivity contribution in [3.8, 4) is 11.5 Å². The summed E-state index contributed by atoms with van der Waals surface area (Å²) in [5.41, 5.74) is 0.638. The minimum absolute atomic E-state index is 0.0720. The molecule has 0 radical (unpaired) electrons. The minimum Gasteiger partial charge on any atom is -0.493 e. The largest absolute Gasteiger partial charge is 0.493 e. The van der Waals surface area contributed by atoms with E-state index in [9.17, 15) is 13.6 Å². The lowest BCUT2D eigenvalue weighted by Gasteiger charge is -2.15. The third-order valence-corrected chi connectivity index (χ3v) is 3.14. The molecule has 22 heavy (non-hydrogen) atoms. The number of unbranched alkanes of at least 4 members (excludes halogenated alkanes) is 1. The van der Waals surface area contributed by atoms with Crippen molar-refractivity contribution in [3.63, 3.8) is 0 Å². The molecular formula is C15H21F2NO4. The van der Waals surface area contributed by atoms with E-state index in [1.165, 1.54) is 19.2 Å². The second kappa shape index (κ2) is 9.19. The molecule has 0 bridgehead atoms. The molecular weight excluding hydrogens is 296 g/mol. The Morgan fingerprint density at radius 3 is 2.64 bits per heavy atom. The zero-order valence-corrected chi connectivity index (χ0v) is 12.6. The number of carbonyl (C=O) groups is 1. The van der Waals surface area contributed by atoms with Crippen LogP contribution < -0.4 is 14.8 Å². The fraction of sp³-hybridized carbons (Fsp3) is 0.533. The van der Waals surface area contributed by atoms with Gasteiger partial charge >= 0.3 is 12.6 Å². The number of aliphatic carboxylic acids is 1. The Morgan fingerprint density at radius 2 is 2.09 bits per heavy atom. The monoisotopic (exact) mass is 317 g/mol. The number of rotatable bonds is 10. The lowest BCUT2D eigenvalue weighted by atomic mass is 10.1. The molecule has 5 nitrogen and oxygen atoms in total. The first-order chi connectivity index (χ1) is 10.5. The van der Waals surface area contributed by atoms with Crippen molar-refractivity contribution >= 4 is 5.97 Å². The van der Waals surface area contributed by atoms with Gasteiger partial charge in [0.05, 0.1) is 7.11 Å². The molecule has 0 aromatic heterocycles. The van der Waals surface area contributed by atoms with Gasteiger partial charge in [0.2, 0.25) is 0 Å². The molecule has 1 atom stereocenters. The average Bonchev–Trinajstić information content (AvgIpc) is 2.46. The molecule has 1 unspecified atom stereocenters. The van der Waals surface area contributed by atoms with Crippen molar-refractivity contribution < 1.29 is 28.2 Å². The fourth-order valence-electron chi connectivity index (χ4n) is 1.98. The number of carboxylic acid groups (broad SMARTS) is 1. The van der Waals surface area contributed by atoms with E-state index < -0.39 is 18.6 Å². The van der Waals surface area contributed by atoms with E-state index in [2.05, 4.69) is 10.1 Å². The lowest BCUT2D eigenvalue weighted by molar-refractivity contribution is -0.139. The summed E-state index contributed by atoms with van der Waals surface area (Å²) >= 11 is 0. The summed E-state index contributed by atoms with van der Waals surface area (Å²) in [5.74, 6) is -0.798. The van der Waals surface area contributed by atoms with Gasteiger partial charge < -0.3 is 19.9 Å². The van der Waals surface area contributed by atoms with Gasteiger partial charge in [-0.25, -0.2) is 0 Å². The summed E-state index contributed by atoms with van der Waals surface area (Å²) in [6, 6.07) is 3.93. The van der Waals surface area contributed by atoms with Crippen LogP contribution in [0.3, 0.4) is 0 Å². The average molecular weight is 317 g/mol. The van der Waals surface area contributed by atoms with E-state index in [0.29, 0.717) is 12.0 Å². The van der Waals surface area contributed by atoms with Gasteiger partial charge in [0, 0.05) is 6.54 Å². The maximum Gasteiger partial charge on any atom is 0.387 e. The molecule has 1 aromatic rings. The zero-order chi connectivity index (χ0) is 16.5. The number of halogens is 2. The molecule has 0 heterocycles. The summed E-state index contributed by atoms with van der Waals surface area (Å²) in [4.78, 5) is 11.1. The Kier molecular flexibility index (Phi) is 7.59. The maximum atomic E-state index is 12.4. The summed E-state index contributed by atoms with van der Waals surface area (Å²) in [7, 11) is 1.36. The van der Waals surface area contributed by atoms with Crippen LogP contribution in [0.1, 0.15) is 31.7 Å². The van der Waals surface area contributed by atoms with Crippen LogP contribution in [0.5, 0.6) is 11.5 Å². The second-order valence-electron chi connectivity index (χ2n) is 4.78. The van der Waals surface area contributed by atoms with Crippen LogP contribution in [0, 0.1) is 0 Å². The summed E-state index contributed by atoms with van der Waals surface area (Å²) in [6.45, 7) is -0.728. The first kappa shape index (κ1) is 18.2. The predicted molar refractivity (Wildman–Crippen MR) is 77.4 cm³/mol. The molecule has 124 valence electrons. The van der Waals surface area contributed by atoms with Crippen molar-refractivity contribution in [2.45, 2.75) is 45.4 Å². The molecule has 0 spiro atoms. The number of methoxy groups -OCH3 is 1. The van der Waals surface area contributed by atoms with Gasteiger partial charge in [0.1, 0.15) is 6.04 Å². The Labute approximate surface area is 128 Å². The van der Waals surface area contributed by atoms with Gasteiger partial charge in [0.25, 0.3) is 0 Å². The molecule has 7 heteroatoms. The van der Waals surface area contributed by atoms with Crippen LogP contribution in [-0.2, 0) is 11.3 Å². The highest BCUT2D eigenvalue weighted by Crippen LogP contribution is 2.29. The molecule has 1 aromatic carbocycles. The first-order valence-corrected chi connectivity index (χ1v) is 7.05. The van der Waals surface area contributed by atoms with Gasteiger partial charge in [0.15, 0.2) is 11.5 Å². The molecule has 0 aliphatic rings. The van der Waals surface area contributed by atoms with Crippen LogP contribution in [0.2, 0.25) is 0 Å². The number of nitrogens with one attached hydrogen (secondary N) is 1. The van der Waals surface area contributed by atoms with E-state index in [-0.39, 0.29) is 18.0 Å². The third-order valence-electron chi connectivity index (χ3n) is 3.14. The van der Waals surface area contributed by atoms with Crippen LogP contribution in [-0.4, -0.2) is 30.8 Å². The number of hydrogen-bond donors (Lipinski definition) is 2. The van der Waals surface area contributed by atoms with E-state index >= 15 is 0 Å². The van der Waals surface area contributed by atoms with Crippen molar-refractivity contribution in [2.24, 2.45) is 0 Å². The summed E-state index contributed by atoms with van der Waals surface area (Å²) in [6.07, 6.45) is 2.22. The van der Waals surface area contributed by atoms with Crippen LogP contribution in [0.4, 0.5) is 8.78 Å². The smallest absolute Gasteiger partial charge is 0.387 e. The van der Waals surface area contributed by atoms with Crippen LogP contribution in [0.25, 0.3) is 0 Å². The highest BCUT2D eigenvalue weighted by atomic mass is 19.3. The SMILES string of the molecule is CCCCC(NCc1ccc(OC)c(OC(F)F)c1)C(=O)O. The number of carboxylic acids is 1. The normalized spacial score (nSPS) is 12.2.